The lowest BCUT2D eigenvalue weighted by molar-refractivity contribution is -0.127. The standard InChI is InChI=1S/C20H28N2O4/c1-13(2)11-22-15-8-7-14(21-18(23)16-6-5-9-25-16)10-17(15)26-12-20(3,4)19(22)24/h7-8,10,13,16H,5-6,9,11-12H2,1-4H3,(H,21,23). The third-order valence-corrected chi connectivity index (χ3v) is 4.70. The van der Waals surface area contributed by atoms with Crippen LogP contribution in [0.2, 0.25) is 0 Å². The fourth-order valence-corrected chi connectivity index (χ4v) is 3.28. The van der Waals surface area contributed by atoms with Gasteiger partial charge in [-0.2, -0.15) is 0 Å². The van der Waals surface area contributed by atoms with Crippen molar-refractivity contribution >= 4 is 23.2 Å². The van der Waals surface area contributed by atoms with Crippen LogP contribution in [0, 0.1) is 11.3 Å². The highest BCUT2D eigenvalue weighted by atomic mass is 16.5. The fraction of sp³-hybridized carbons (Fsp3) is 0.600. The topological polar surface area (TPSA) is 67.9 Å². The lowest BCUT2D eigenvalue weighted by Gasteiger charge is -2.29. The van der Waals surface area contributed by atoms with Crippen LogP contribution >= 0.6 is 0 Å². The van der Waals surface area contributed by atoms with Crippen molar-refractivity contribution in [3.8, 4) is 5.75 Å². The monoisotopic (exact) mass is 360 g/mol. The zero-order chi connectivity index (χ0) is 18.9. The average molecular weight is 360 g/mol. The molecular weight excluding hydrogens is 332 g/mol. The van der Waals surface area contributed by atoms with E-state index in [-0.39, 0.29) is 17.9 Å². The van der Waals surface area contributed by atoms with Gasteiger partial charge in [0.2, 0.25) is 5.91 Å². The molecule has 2 amide bonds. The molecule has 0 saturated carbocycles. The highest BCUT2D eigenvalue weighted by Gasteiger charge is 2.38. The molecule has 142 valence electrons. The summed E-state index contributed by atoms with van der Waals surface area (Å²) in [7, 11) is 0. The molecule has 2 aliphatic heterocycles. The van der Waals surface area contributed by atoms with Crippen LogP contribution in [0.5, 0.6) is 5.75 Å². The van der Waals surface area contributed by atoms with Crippen molar-refractivity contribution in [2.75, 3.05) is 30.0 Å². The van der Waals surface area contributed by atoms with E-state index >= 15 is 0 Å². The van der Waals surface area contributed by atoms with Crippen LogP contribution in [0.4, 0.5) is 11.4 Å². The van der Waals surface area contributed by atoms with Gasteiger partial charge < -0.3 is 19.7 Å². The Labute approximate surface area is 154 Å². The predicted octanol–water partition coefficient (Wildman–Crippen LogP) is 3.21. The van der Waals surface area contributed by atoms with E-state index in [4.69, 9.17) is 9.47 Å². The molecule has 0 spiro atoms. The van der Waals surface area contributed by atoms with Crippen molar-refractivity contribution in [1.29, 1.82) is 0 Å². The average Bonchev–Trinajstić information content (AvgIpc) is 3.09. The van der Waals surface area contributed by atoms with Crippen LogP contribution in [0.25, 0.3) is 0 Å². The number of hydrogen-bond acceptors (Lipinski definition) is 4. The van der Waals surface area contributed by atoms with Crippen molar-refractivity contribution in [3.63, 3.8) is 0 Å². The van der Waals surface area contributed by atoms with Gasteiger partial charge in [-0.05, 0) is 44.7 Å². The van der Waals surface area contributed by atoms with E-state index in [1.54, 1.807) is 11.0 Å². The minimum absolute atomic E-state index is 0.0566. The number of carbonyl (C=O) groups is 2. The zero-order valence-electron chi connectivity index (χ0n) is 16.0. The van der Waals surface area contributed by atoms with Gasteiger partial charge in [-0.25, -0.2) is 0 Å². The molecule has 1 aromatic carbocycles. The Morgan fingerprint density at radius 3 is 2.81 bits per heavy atom. The minimum Gasteiger partial charge on any atom is -0.490 e. The largest absolute Gasteiger partial charge is 0.490 e. The Bertz CT molecular complexity index is 693. The first-order chi connectivity index (χ1) is 12.3. The summed E-state index contributed by atoms with van der Waals surface area (Å²) in [5.74, 6) is 0.877. The molecular formula is C20H28N2O4. The molecule has 0 radical (unpaired) electrons. The summed E-state index contributed by atoms with van der Waals surface area (Å²) in [5, 5.41) is 2.89. The molecule has 1 N–H and O–H groups in total. The third kappa shape index (κ3) is 3.85. The Hall–Kier alpha value is -2.08. The maximum Gasteiger partial charge on any atom is 0.253 e. The van der Waals surface area contributed by atoms with Crippen molar-refractivity contribution < 1.29 is 19.1 Å². The van der Waals surface area contributed by atoms with E-state index < -0.39 is 5.41 Å². The predicted molar refractivity (Wildman–Crippen MR) is 101 cm³/mol. The summed E-state index contributed by atoms with van der Waals surface area (Å²) in [6.45, 7) is 9.52. The Morgan fingerprint density at radius 1 is 1.38 bits per heavy atom. The molecule has 0 bridgehead atoms. The summed E-state index contributed by atoms with van der Waals surface area (Å²) >= 11 is 0. The number of rotatable bonds is 4. The number of carbonyl (C=O) groups excluding carboxylic acids is 2. The van der Waals surface area contributed by atoms with Gasteiger partial charge >= 0.3 is 0 Å². The van der Waals surface area contributed by atoms with Gasteiger partial charge in [-0.3, -0.25) is 9.59 Å². The molecule has 6 nitrogen and oxygen atoms in total. The van der Waals surface area contributed by atoms with Gasteiger partial charge in [0.25, 0.3) is 5.91 Å². The smallest absolute Gasteiger partial charge is 0.253 e. The number of fused-ring (bicyclic) bond motifs is 1. The zero-order valence-corrected chi connectivity index (χ0v) is 16.0. The summed E-state index contributed by atoms with van der Waals surface area (Å²) in [5.41, 5.74) is 0.806. The van der Waals surface area contributed by atoms with Crippen LogP contribution in [0.15, 0.2) is 18.2 Å². The molecule has 1 unspecified atom stereocenters. The van der Waals surface area contributed by atoms with Crippen molar-refractivity contribution in [1.82, 2.24) is 0 Å². The molecule has 2 heterocycles. The van der Waals surface area contributed by atoms with Gasteiger partial charge in [0.05, 0.1) is 11.1 Å². The molecule has 0 aromatic heterocycles. The van der Waals surface area contributed by atoms with Crippen LogP contribution in [0.3, 0.4) is 0 Å². The van der Waals surface area contributed by atoms with Crippen LogP contribution in [-0.4, -0.2) is 37.7 Å². The van der Waals surface area contributed by atoms with Crippen molar-refractivity contribution in [2.45, 2.75) is 46.6 Å². The lowest BCUT2D eigenvalue weighted by Crippen LogP contribution is -2.43. The third-order valence-electron chi connectivity index (χ3n) is 4.70. The van der Waals surface area contributed by atoms with E-state index in [1.165, 1.54) is 0 Å². The summed E-state index contributed by atoms with van der Waals surface area (Å²) < 4.78 is 11.4. The van der Waals surface area contributed by atoms with Gasteiger partial charge in [0.15, 0.2) is 0 Å². The van der Waals surface area contributed by atoms with E-state index in [2.05, 4.69) is 19.2 Å². The van der Waals surface area contributed by atoms with Crippen molar-refractivity contribution in [2.24, 2.45) is 11.3 Å². The van der Waals surface area contributed by atoms with E-state index in [1.807, 2.05) is 26.0 Å². The van der Waals surface area contributed by atoms with Gasteiger partial charge in [-0.15, -0.1) is 0 Å². The molecule has 6 heteroatoms. The SMILES string of the molecule is CC(C)CN1C(=O)C(C)(C)COc2cc(NC(=O)C3CCCO3)ccc21. The molecule has 26 heavy (non-hydrogen) atoms. The normalized spacial score (nSPS) is 22.0. The summed E-state index contributed by atoms with van der Waals surface area (Å²) in [6, 6.07) is 5.46. The maximum atomic E-state index is 13.0. The number of nitrogens with zero attached hydrogens (tertiary/aromatic N) is 1. The second kappa shape index (κ2) is 7.27. The fourth-order valence-electron chi connectivity index (χ4n) is 3.28. The first kappa shape index (κ1) is 18.7. The Kier molecular flexibility index (Phi) is 5.23. The highest BCUT2D eigenvalue weighted by Crippen LogP contribution is 2.38. The first-order valence-electron chi connectivity index (χ1n) is 9.29. The number of amides is 2. The molecule has 1 fully saturated rings. The van der Waals surface area contributed by atoms with Crippen LogP contribution < -0.4 is 15.0 Å². The first-order valence-corrected chi connectivity index (χ1v) is 9.29. The molecule has 1 saturated heterocycles. The number of ether oxygens (including phenoxy) is 2. The van der Waals surface area contributed by atoms with E-state index in [0.717, 1.165) is 18.5 Å². The van der Waals surface area contributed by atoms with Gasteiger partial charge in [0, 0.05) is 24.9 Å². The van der Waals surface area contributed by atoms with Crippen molar-refractivity contribution in [3.05, 3.63) is 18.2 Å². The quantitative estimate of drug-likeness (QED) is 0.895. The molecule has 0 aliphatic carbocycles. The Morgan fingerprint density at radius 2 is 2.15 bits per heavy atom. The van der Waals surface area contributed by atoms with Crippen LogP contribution in [0.1, 0.15) is 40.5 Å². The molecule has 3 rings (SSSR count). The van der Waals surface area contributed by atoms with Gasteiger partial charge in [0.1, 0.15) is 18.5 Å². The summed E-state index contributed by atoms with van der Waals surface area (Å²) in [4.78, 5) is 27.0. The number of nitrogens with one attached hydrogen (secondary N) is 1. The lowest BCUT2D eigenvalue weighted by atomic mass is 9.92. The van der Waals surface area contributed by atoms with E-state index in [9.17, 15) is 9.59 Å². The second-order valence-corrected chi connectivity index (χ2v) is 8.16. The van der Waals surface area contributed by atoms with Crippen LogP contribution in [-0.2, 0) is 14.3 Å². The molecule has 1 atom stereocenters. The van der Waals surface area contributed by atoms with E-state index in [0.29, 0.717) is 37.1 Å². The number of benzene rings is 1. The maximum absolute atomic E-state index is 13.0. The number of hydrogen-bond donors (Lipinski definition) is 1. The molecule has 2 aliphatic rings. The highest BCUT2D eigenvalue weighted by molar-refractivity contribution is 6.00. The number of anilines is 2. The minimum atomic E-state index is -0.602. The van der Waals surface area contributed by atoms with Gasteiger partial charge in [-0.1, -0.05) is 13.8 Å². The molecule has 1 aromatic rings. The second-order valence-electron chi connectivity index (χ2n) is 8.16. The Balaban J connectivity index is 1.86. The summed E-state index contributed by atoms with van der Waals surface area (Å²) in [6.07, 6.45) is 1.28.